The monoisotopic (exact) mass is 315 g/mol. The Morgan fingerprint density at radius 1 is 1.27 bits per heavy atom. The molecule has 1 aliphatic heterocycles. The topological polar surface area (TPSA) is 44.4 Å². The SMILES string of the molecule is Cc1ccsc1CN(C)C(=O)C1CC(c2ccccc2)NN1. The van der Waals surface area contributed by atoms with E-state index in [4.69, 9.17) is 0 Å². The van der Waals surface area contributed by atoms with Gasteiger partial charge in [0.25, 0.3) is 0 Å². The molecule has 2 heterocycles. The Balaban J connectivity index is 1.60. The fourth-order valence-electron chi connectivity index (χ4n) is 2.75. The molecule has 4 nitrogen and oxygen atoms in total. The maximum Gasteiger partial charge on any atom is 0.241 e. The number of carbonyl (C=O) groups is 1. The van der Waals surface area contributed by atoms with Gasteiger partial charge in [0.1, 0.15) is 6.04 Å². The van der Waals surface area contributed by atoms with E-state index in [1.54, 1.807) is 11.3 Å². The first-order valence-corrected chi connectivity index (χ1v) is 8.37. The number of hydrogen-bond donors (Lipinski definition) is 2. The Labute approximate surface area is 135 Å². The van der Waals surface area contributed by atoms with E-state index >= 15 is 0 Å². The number of likely N-dealkylation sites (N-methyl/N-ethyl adjacent to an activating group) is 1. The molecule has 22 heavy (non-hydrogen) atoms. The van der Waals surface area contributed by atoms with Crippen LogP contribution in [0.2, 0.25) is 0 Å². The van der Waals surface area contributed by atoms with E-state index in [1.807, 2.05) is 30.1 Å². The van der Waals surface area contributed by atoms with Gasteiger partial charge in [-0.25, -0.2) is 10.9 Å². The van der Waals surface area contributed by atoms with Crippen LogP contribution < -0.4 is 10.9 Å². The van der Waals surface area contributed by atoms with Crippen LogP contribution in [0.4, 0.5) is 0 Å². The van der Waals surface area contributed by atoms with E-state index in [0.29, 0.717) is 6.54 Å². The minimum Gasteiger partial charge on any atom is -0.339 e. The minimum absolute atomic E-state index is 0.138. The standard InChI is InChI=1S/C17H21N3OS/c1-12-8-9-22-16(12)11-20(2)17(21)15-10-14(18-19-15)13-6-4-3-5-7-13/h3-9,14-15,18-19H,10-11H2,1-2H3. The fraction of sp³-hybridized carbons (Fsp3) is 0.353. The summed E-state index contributed by atoms with van der Waals surface area (Å²) in [6, 6.07) is 12.3. The van der Waals surface area contributed by atoms with Crippen molar-refractivity contribution in [2.24, 2.45) is 0 Å². The van der Waals surface area contributed by atoms with Crippen LogP contribution in [0, 0.1) is 6.92 Å². The Morgan fingerprint density at radius 2 is 2.05 bits per heavy atom. The third-order valence-corrected chi connectivity index (χ3v) is 5.14. The minimum atomic E-state index is -0.171. The normalized spacial score (nSPS) is 21.0. The molecule has 0 bridgehead atoms. The first-order chi connectivity index (χ1) is 10.6. The molecular weight excluding hydrogens is 294 g/mol. The zero-order valence-corrected chi connectivity index (χ0v) is 13.7. The highest BCUT2D eigenvalue weighted by Gasteiger charge is 2.31. The highest BCUT2D eigenvalue weighted by molar-refractivity contribution is 7.10. The highest BCUT2D eigenvalue weighted by atomic mass is 32.1. The summed E-state index contributed by atoms with van der Waals surface area (Å²) >= 11 is 1.71. The third kappa shape index (κ3) is 3.21. The molecule has 0 aliphatic carbocycles. The predicted molar refractivity (Wildman–Crippen MR) is 89.4 cm³/mol. The van der Waals surface area contributed by atoms with Crippen LogP contribution in [0.15, 0.2) is 41.8 Å². The van der Waals surface area contributed by atoms with Gasteiger partial charge >= 0.3 is 0 Å². The summed E-state index contributed by atoms with van der Waals surface area (Å²) in [6.07, 6.45) is 0.774. The molecule has 2 N–H and O–H groups in total. The fourth-order valence-corrected chi connectivity index (χ4v) is 3.71. The number of carbonyl (C=O) groups excluding carboxylic acids is 1. The zero-order valence-electron chi connectivity index (χ0n) is 12.9. The smallest absolute Gasteiger partial charge is 0.241 e. The third-order valence-electron chi connectivity index (χ3n) is 4.13. The number of rotatable bonds is 4. The van der Waals surface area contributed by atoms with Crippen molar-refractivity contribution in [3.05, 3.63) is 57.8 Å². The molecule has 1 aromatic carbocycles. The van der Waals surface area contributed by atoms with Gasteiger partial charge in [0.05, 0.1) is 6.54 Å². The first-order valence-electron chi connectivity index (χ1n) is 7.49. The number of aryl methyl sites for hydroxylation is 1. The Kier molecular flexibility index (Phi) is 4.57. The molecule has 2 unspecified atom stereocenters. The summed E-state index contributed by atoms with van der Waals surface area (Å²) in [7, 11) is 1.87. The predicted octanol–water partition coefficient (Wildman–Crippen LogP) is 2.62. The van der Waals surface area contributed by atoms with Gasteiger partial charge in [0.2, 0.25) is 5.91 Å². The molecule has 2 aromatic rings. The lowest BCUT2D eigenvalue weighted by atomic mass is 10.0. The van der Waals surface area contributed by atoms with Crippen molar-refractivity contribution in [2.75, 3.05) is 7.05 Å². The van der Waals surface area contributed by atoms with Crippen molar-refractivity contribution in [2.45, 2.75) is 32.0 Å². The van der Waals surface area contributed by atoms with E-state index in [2.05, 4.69) is 41.4 Å². The molecule has 1 aromatic heterocycles. The van der Waals surface area contributed by atoms with Crippen molar-refractivity contribution in [1.29, 1.82) is 0 Å². The molecular formula is C17H21N3OS. The molecule has 1 aliphatic rings. The van der Waals surface area contributed by atoms with Gasteiger partial charge < -0.3 is 4.90 Å². The number of hydrogen-bond acceptors (Lipinski definition) is 4. The van der Waals surface area contributed by atoms with Crippen molar-refractivity contribution in [3.8, 4) is 0 Å². The Morgan fingerprint density at radius 3 is 2.73 bits per heavy atom. The molecule has 3 rings (SSSR count). The Hall–Kier alpha value is -1.69. The summed E-state index contributed by atoms with van der Waals surface area (Å²) in [4.78, 5) is 15.7. The van der Waals surface area contributed by atoms with Crippen LogP contribution in [0.5, 0.6) is 0 Å². The highest BCUT2D eigenvalue weighted by Crippen LogP contribution is 2.23. The average molecular weight is 315 g/mol. The second kappa shape index (κ2) is 6.60. The second-order valence-electron chi connectivity index (χ2n) is 5.76. The number of benzene rings is 1. The van der Waals surface area contributed by atoms with Gasteiger partial charge in [0, 0.05) is 18.0 Å². The van der Waals surface area contributed by atoms with Crippen LogP contribution in [-0.2, 0) is 11.3 Å². The first kappa shape index (κ1) is 15.2. The number of hydrazine groups is 1. The lowest BCUT2D eigenvalue weighted by molar-refractivity contribution is -0.132. The summed E-state index contributed by atoms with van der Waals surface area (Å²) in [6.45, 7) is 2.77. The van der Waals surface area contributed by atoms with Crippen LogP contribution in [0.1, 0.15) is 28.5 Å². The summed E-state index contributed by atoms with van der Waals surface area (Å²) in [5.74, 6) is 0.138. The van der Waals surface area contributed by atoms with E-state index < -0.39 is 0 Å². The van der Waals surface area contributed by atoms with Gasteiger partial charge in [-0.05, 0) is 35.9 Å². The van der Waals surface area contributed by atoms with E-state index in [-0.39, 0.29) is 18.0 Å². The quantitative estimate of drug-likeness (QED) is 0.911. The molecule has 5 heteroatoms. The van der Waals surface area contributed by atoms with Gasteiger partial charge in [0.15, 0.2) is 0 Å². The van der Waals surface area contributed by atoms with Gasteiger partial charge in [-0.1, -0.05) is 30.3 Å². The largest absolute Gasteiger partial charge is 0.339 e. The molecule has 2 atom stereocenters. The van der Waals surface area contributed by atoms with Crippen LogP contribution in [0.25, 0.3) is 0 Å². The van der Waals surface area contributed by atoms with Crippen molar-refractivity contribution < 1.29 is 4.79 Å². The zero-order chi connectivity index (χ0) is 15.5. The second-order valence-corrected chi connectivity index (χ2v) is 6.76. The molecule has 1 saturated heterocycles. The molecule has 116 valence electrons. The molecule has 1 amide bonds. The number of thiophene rings is 1. The van der Waals surface area contributed by atoms with Gasteiger partial charge in [-0.2, -0.15) is 0 Å². The van der Waals surface area contributed by atoms with Gasteiger partial charge in [-0.15, -0.1) is 11.3 Å². The molecule has 0 saturated carbocycles. The van der Waals surface area contributed by atoms with Crippen molar-refractivity contribution in [1.82, 2.24) is 15.8 Å². The van der Waals surface area contributed by atoms with E-state index in [0.717, 1.165) is 6.42 Å². The Bertz CT molecular complexity index is 640. The maximum absolute atomic E-state index is 12.6. The summed E-state index contributed by atoms with van der Waals surface area (Å²) in [5, 5.41) is 2.07. The molecule has 0 radical (unpaired) electrons. The van der Waals surface area contributed by atoms with Crippen LogP contribution >= 0.6 is 11.3 Å². The number of nitrogens with zero attached hydrogens (tertiary/aromatic N) is 1. The molecule has 0 spiro atoms. The maximum atomic E-state index is 12.6. The van der Waals surface area contributed by atoms with Crippen molar-refractivity contribution >= 4 is 17.2 Å². The van der Waals surface area contributed by atoms with E-state index in [9.17, 15) is 4.79 Å². The van der Waals surface area contributed by atoms with E-state index in [1.165, 1.54) is 16.0 Å². The molecule has 1 fully saturated rings. The lowest BCUT2D eigenvalue weighted by Crippen LogP contribution is -2.43. The van der Waals surface area contributed by atoms with Gasteiger partial charge in [-0.3, -0.25) is 4.79 Å². The summed E-state index contributed by atoms with van der Waals surface area (Å²) in [5.41, 5.74) is 8.84. The number of amides is 1. The van der Waals surface area contributed by atoms with Crippen LogP contribution in [0.3, 0.4) is 0 Å². The average Bonchev–Trinajstić information content (AvgIpc) is 3.17. The number of nitrogens with one attached hydrogen (secondary N) is 2. The van der Waals surface area contributed by atoms with Crippen LogP contribution in [-0.4, -0.2) is 23.9 Å². The lowest BCUT2D eigenvalue weighted by Gasteiger charge is -2.20. The van der Waals surface area contributed by atoms with Crippen molar-refractivity contribution in [3.63, 3.8) is 0 Å². The summed E-state index contributed by atoms with van der Waals surface area (Å²) < 4.78 is 0.